The molecule has 0 heterocycles. The van der Waals surface area contributed by atoms with E-state index in [0.29, 0.717) is 114 Å². The zero-order chi connectivity index (χ0) is 87.5. The SMILES string of the molecule is C=CC(=O)OCCCCCCCCCCCOc1cc(C(=O)[O-])cc(OCCCCCCCCCCCOC(=O)C=C)c1OCCCCCCCCCCCOC(=O)C=C.C=CC(=O)OCCCCCCCCCCCOc1cc(C(=O)[O-])cc(OCCCCCCCCCCCOC(=O)C=C)c1OCCCCCCCCCCCOC(=O)C=C.[Ca+2]. The Kier molecular flexibility index (Phi) is 79.8. The summed E-state index contributed by atoms with van der Waals surface area (Å²) in [6, 6.07) is 5.97. The van der Waals surface area contributed by atoms with Gasteiger partial charge >= 0.3 is 73.6 Å². The number of hydrogen-bond donors (Lipinski definition) is 0. The normalized spacial score (nSPS) is 10.6. The molecule has 121 heavy (non-hydrogen) atoms. The molecule has 0 atom stereocenters. The number of hydrogen-bond acceptors (Lipinski definition) is 22. The van der Waals surface area contributed by atoms with Gasteiger partial charge in [0.2, 0.25) is 11.5 Å². The van der Waals surface area contributed by atoms with Crippen molar-refractivity contribution >= 4 is 85.5 Å². The predicted octanol–water partition coefficient (Wildman–Crippen LogP) is 21.4. The van der Waals surface area contributed by atoms with Crippen LogP contribution in [0.2, 0.25) is 0 Å². The number of unbranched alkanes of at least 4 members (excludes halogenated alkanes) is 48. The fourth-order valence-electron chi connectivity index (χ4n) is 13.2. The second kappa shape index (κ2) is 84.9. The summed E-state index contributed by atoms with van der Waals surface area (Å²) in [5.74, 6) is -2.35. The maximum absolute atomic E-state index is 12.0. The number of ether oxygens (including phenoxy) is 12. The Balaban J connectivity index is 0.00000236. The van der Waals surface area contributed by atoms with Crippen LogP contribution in [-0.4, -0.2) is 165 Å². The van der Waals surface area contributed by atoms with Crippen molar-refractivity contribution in [3.05, 3.63) is 111 Å². The number of carbonyl (C=O) groups excluding carboxylic acids is 8. The fraction of sp³-hybridized carbons (Fsp3) is 0.673. The Bertz CT molecular complexity index is 2720. The molecular weight excluding hydrogens is 1570 g/mol. The zero-order valence-electron chi connectivity index (χ0n) is 74.4. The number of carboxylic acids is 2. The third kappa shape index (κ3) is 69.8. The van der Waals surface area contributed by atoms with Crippen molar-refractivity contribution in [2.45, 2.75) is 347 Å². The molecule has 0 unspecified atom stereocenters. The van der Waals surface area contributed by atoms with Crippen molar-refractivity contribution in [2.75, 3.05) is 79.3 Å². The van der Waals surface area contributed by atoms with Crippen LogP contribution in [0.3, 0.4) is 0 Å². The number of benzene rings is 2. The van der Waals surface area contributed by atoms with Gasteiger partial charge in [0.25, 0.3) is 0 Å². The monoisotopic (exact) mass is 1720 g/mol. The number of carbonyl (C=O) groups is 8. The summed E-state index contributed by atoms with van der Waals surface area (Å²) in [6.07, 6.45) is 64.0. The molecule has 680 valence electrons. The third-order valence-corrected chi connectivity index (χ3v) is 20.2. The first-order valence-electron chi connectivity index (χ1n) is 45.9. The number of rotatable bonds is 86. The Morgan fingerprint density at radius 1 is 0.198 bits per heavy atom. The van der Waals surface area contributed by atoms with Crippen LogP contribution in [0.1, 0.15) is 367 Å². The van der Waals surface area contributed by atoms with E-state index in [1.54, 1.807) is 0 Å². The molecule has 2 aromatic carbocycles. The van der Waals surface area contributed by atoms with Crippen LogP contribution in [0.15, 0.2) is 100 Å². The smallest absolute Gasteiger partial charge is 0.545 e. The summed E-state index contributed by atoms with van der Waals surface area (Å²) in [5, 5.41) is 24.0. The first kappa shape index (κ1) is 114. The van der Waals surface area contributed by atoms with E-state index in [4.69, 9.17) is 56.8 Å². The minimum Gasteiger partial charge on any atom is -0.545 e. The fourth-order valence-corrected chi connectivity index (χ4v) is 13.2. The van der Waals surface area contributed by atoms with E-state index in [2.05, 4.69) is 39.5 Å². The minimum absolute atomic E-state index is 0. The average molecular weight is 1720 g/mol. The van der Waals surface area contributed by atoms with E-state index in [9.17, 15) is 48.6 Å². The van der Waals surface area contributed by atoms with Crippen molar-refractivity contribution in [3.8, 4) is 34.5 Å². The third-order valence-electron chi connectivity index (χ3n) is 20.2. The van der Waals surface area contributed by atoms with Crippen molar-refractivity contribution in [1.29, 1.82) is 0 Å². The quantitative estimate of drug-likeness (QED) is 0.0195. The summed E-state index contributed by atoms with van der Waals surface area (Å²) >= 11 is 0. The van der Waals surface area contributed by atoms with Gasteiger partial charge in [-0.1, -0.05) is 309 Å². The summed E-state index contributed by atoms with van der Waals surface area (Å²) < 4.78 is 67.5. The number of aromatic carboxylic acids is 2. The van der Waals surface area contributed by atoms with Crippen LogP contribution in [0.4, 0.5) is 0 Å². The molecule has 22 nitrogen and oxygen atoms in total. The summed E-state index contributed by atoms with van der Waals surface area (Å²) in [4.78, 5) is 90.7. The molecule has 0 radical (unpaired) electrons. The van der Waals surface area contributed by atoms with E-state index < -0.39 is 11.9 Å². The van der Waals surface area contributed by atoms with Crippen LogP contribution in [0.25, 0.3) is 0 Å². The van der Waals surface area contributed by atoms with E-state index >= 15 is 0 Å². The Hall–Kier alpha value is -7.30. The van der Waals surface area contributed by atoms with Crippen LogP contribution < -0.4 is 38.6 Å². The molecule has 0 bridgehead atoms. The molecule has 0 spiro atoms. The average Bonchev–Trinajstić information content (AvgIpc) is 0.824. The molecule has 0 aromatic heterocycles. The molecule has 0 N–H and O–H groups in total. The summed E-state index contributed by atoms with van der Waals surface area (Å²) in [6.45, 7) is 25.8. The van der Waals surface area contributed by atoms with Gasteiger partial charge in [0, 0.05) is 47.6 Å². The van der Waals surface area contributed by atoms with E-state index in [0.717, 1.165) is 334 Å². The van der Waals surface area contributed by atoms with Crippen LogP contribution in [-0.2, 0) is 57.2 Å². The Morgan fingerprint density at radius 3 is 0.438 bits per heavy atom. The summed E-state index contributed by atoms with van der Waals surface area (Å²) in [5.41, 5.74) is 0.00530. The van der Waals surface area contributed by atoms with E-state index in [-0.39, 0.29) is 84.7 Å². The summed E-state index contributed by atoms with van der Waals surface area (Å²) in [7, 11) is 0. The standard InChI is InChI=1S/2C49H78O11.Ca/c2*1-4-45(50)57-36-30-24-18-12-7-10-16-22-28-34-55-43-40-42(49(53)54)41-44(56-35-29-23-17-11-8-13-19-25-31-37-58-46(51)5-2)48(43)60-39-33-27-21-15-9-14-20-26-32-38-59-47(52)6-3;/h2*4-6,40-41H,1-3,7-39H2,(H,53,54);/q;;+2/p-2. The molecule has 0 saturated heterocycles. The first-order chi connectivity index (χ1) is 58.6. The molecule has 23 heteroatoms. The first-order valence-corrected chi connectivity index (χ1v) is 45.9. The predicted molar refractivity (Wildman–Crippen MR) is 477 cm³/mol. The van der Waals surface area contributed by atoms with Gasteiger partial charge < -0.3 is 76.6 Å². The molecule has 0 fully saturated rings. The Morgan fingerprint density at radius 2 is 0.314 bits per heavy atom. The second-order valence-electron chi connectivity index (χ2n) is 30.6. The zero-order valence-corrected chi connectivity index (χ0v) is 76.6. The van der Waals surface area contributed by atoms with Crippen LogP contribution in [0, 0.1) is 0 Å². The molecule has 2 aromatic rings. The van der Waals surface area contributed by atoms with E-state index in [1.807, 2.05) is 0 Å². The van der Waals surface area contributed by atoms with Gasteiger partial charge in [0.15, 0.2) is 23.0 Å². The van der Waals surface area contributed by atoms with Gasteiger partial charge in [0.05, 0.1) is 91.2 Å². The number of esters is 6. The molecule has 2 rings (SSSR count). The maximum Gasteiger partial charge on any atom is 2.00 e. The van der Waals surface area contributed by atoms with Crippen molar-refractivity contribution < 1.29 is 105 Å². The molecular formula is C98H154CaO22. The van der Waals surface area contributed by atoms with Gasteiger partial charge in [-0.3, -0.25) is 0 Å². The van der Waals surface area contributed by atoms with Gasteiger partial charge in [-0.2, -0.15) is 0 Å². The maximum atomic E-state index is 12.0. The van der Waals surface area contributed by atoms with Crippen molar-refractivity contribution in [2.24, 2.45) is 0 Å². The van der Waals surface area contributed by atoms with Crippen LogP contribution >= 0.6 is 0 Å². The van der Waals surface area contributed by atoms with Gasteiger partial charge in [-0.15, -0.1) is 0 Å². The van der Waals surface area contributed by atoms with Gasteiger partial charge in [0.1, 0.15) is 0 Å². The molecule has 0 aliphatic carbocycles. The molecule has 0 aliphatic heterocycles. The number of carboxylic acid groups (broad SMARTS) is 2. The van der Waals surface area contributed by atoms with Gasteiger partial charge in [-0.25, -0.2) is 28.8 Å². The molecule has 0 amide bonds. The minimum atomic E-state index is -1.29. The van der Waals surface area contributed by atoms with E-state index in [1.165, 1.54) is 73.6 Å². The second-order valence-corrected chi connectivity index (χ2v) is 30.6. The Labute approximate surface area is 757 Å². The molecule has 0 saturated carbocycles. The van der Waals surface area contributed by atoms with Crippen molar-refractivity contribution in [1.82, 2.24) is 0 Å². The van der Waals surface area contributed by atoms with Crippen molar-refractivity contribution in [3.63, 3.8) is 0 Å². The van der Waals surface area contributed by atoms with Gasteiger partial charge in [-0.05, 0) is 101 Å². The largest absolute Gasteiger partial charge is 2.00 e. The van der Waals surface area contributed by atoms with Crippen LogP contribution in [0.5, 0.6) is 34.5 Å². The molecule has 0 aliphatic rings. The topological polar surface area (TPSA) is 293 Å².